The number of esters is 1. The lowest BCUT2D eigenvalue weighted by atomic mass is 10.1. The number of hydrogen-bond donors (Lipinski definition) is 2. The van der Waals surface area contributed by atoms with Gasteiger partial charge in [0.2, 0.25) is 0 Å². The minimum absolute atomic E-state index is 0.214. The van der Waals surface area contributed by atoms with Crippen LogP contribution < -0.4 is 15.5 Å². The zero-order valence-corrected chi connectivity index (χ0v) is 15.5. The minimum Gasteiger partial charge on any atom is -0.469 e. The van der Waals surface area contributed by atoms with Crippen LogP contribution in [0.2, 0.25) is 0 Å². The summed E-state index contributed by atoms with van der Waals surface area (Å²) in [6, 6.07) is 17.3. The summed E-state index contributed by atoms with van der Waals surface area (Å²) in [7, 11) is 1.37. The number of hydrogen-bond acceptors (Lipinski definition) is 4. The molecule has 0 aliphatic carbocycles. The molecule has 6 heteroatoms. The van der Waals surface area contributed by atoms with Gasteiger partial charge in [-0.3, -0.25) is 4.79 Å². The van der Waals surface area contributed by atoms with Gasteiger partial charge in [-0.05, 0) is 42.2 Å². The van der Waals surface area contributed by atoms with Gasteiger partial charge in [-0.2, -0.15) is 0 Å². The zero-order valence-electron chi connectivity index (χ0n) is 15.5. The molecule has 142 valence electrons. The van der Waals surface area contributed by atoms with Gasteiger partial charge in [0.1, 0.15) is 0 Å². The molecule has 6 nitrogen and oxygen atoms in total. The average Bonchev–Trinajstić information content (AvgIpc) is 3.17. The number of ether oxygens (including phenoxy) is 1. The van der Waals surface area contributed by atoms with Gasteiger partial charge < -0.3 is 20.3 Å². The predicted molar refractivity (Wildman–Crippen MR) is 106 cm³/mol. The van der Waals surface area contributed by atoms with E-state index in [1.54, 1.807) is 24.3 Å². The van der Waals surface area contributed by atoms with E-state index in [0.717, 1.165) is 25.1 Å². The Morgan fingerprint density at radius 1 is 1.11 bits per heavy atom. The summed E-state index contributed by atoms with van der Waals surface area (Å²) >= 11 is 0. The van der Waals surface area contributed by atoms with E-state index in [1.165, 1.54) is 12.8 Å². The third kappa shape index (κ3) is 5.48. The van der Waals surface area contributed by atoms with Gasteiger partial charge in [-0.15, -0.1) is 0 Å². The first-order valence-corrected chi connectivity index (χ1v) is 9.14. The summed E-state index contributed by atoms with van der Waals surface area (Å²) in [5.41, 5.74) is 2.77. The Hall–Kier alpha value is -3.02. The third-order valence-corrected chi connectivity index (χ3v) is 4.75. The lowest BCUT2D eigenvalue weighted by Gasteiger charge is -2.18. The molecule has 1 atom stereocenters. The van der Waals surface area contributed by atoms with Crippen LogP contribution in [0.15, 0.2) is 54.6 Å². The second-order valence-electron chi connectivity index (χ2n) is 6.72. The Morgan fingerprint density at radius 2 is 1.85 bits per heavy atom. The molecule has 1 fully saturated rings. The number of nitrogens with one attached hydrogen (secondary N) is 2. The number of carbonyl (C=O) groups is 2. The molecular weight excluding hydrogens is 342 g/mol. The van der Waals surface area contributed by atoms with Crippen molar-refractivity contribution in [3.05, 3.63) is 60.2 Å². The third-order valence-electron chi connectivity index (χ3n) is 4.75. The molecule has 1 heterocycles. The van der Waals surface area contributed by atoms with Crippen molar-refractivity contribution in [1.29, 1.82) is 0 Å². The first kappa shape index (κ1) is 18.8. The summed E-state index contributed by atoms with van der Waals surface area (Å²) in [4.78, 5) is 25.7. The highest BCUT2D eigenvalue weighted by Crippen LogP contribution is 2.23. The number of anilines is 2. The van der Waals surface area contributed by atoms with Crippen LogP contribution >= 0.6 is 0 Å². The molecule has 1 aliphatic heterocycles. The summed E-state index contributed by atoms with van der Waals surface area (Å²) in [5, 5.41) is 5.77. The number of amides is 2. The van der Waals surface area contributed by atoms with Crippen LogP contribution in [0, 0.1) is 5.92 Å². The molecule has 0 spiro atoms. The number of carbonyl (C=O) groups excluding carboxylic acids is 2. The predicted octanol–water partition coefficient (Wildman–Crippen LogP) is 3.05. The first-order valence-electron chi connectivity index (χ1n) is 9.14. The second-order valence-corrected chi connectivity index (χ2v) is 6.72. The van der Waals surface area contributed by atoms with Crippen LogP contribution in [0.5, 0.6) is 0 Å². The van der Waals surface area contributed by atoms with Crippen LogP contribution in [0.1, 0.15) is 12.0 Å². The summed E-state index contributed by atoms with van der Waals surface area (Å²) < 4.78 is 4.64. The Bertz CT molecular complexity index is 762. The van der Waals surface area contributed by atoms with E-state index in [0.29, 0.717) is 18.2 Å². The highest BCUT2D eigenvalue weighted by molar-refractivity contribution is 5.89. The zero-order chi connectivity index (χ0) is 19.1. The van der Waals surface area contributed by atoms with Crippen molar-refractivity contribution in [1.82, 2.24) is 5.32 Å². The normalized spacial score (nSPS) is 16.0. The van der Waals surface area contributed by atoms with E-state index in [1.807, 2.05) is 18.2 Å². The maximum absolute atomic E-state index is 12.1. The highest BCUT2D eigenvalue weighted by atomic mass is 16.5. The smallest absolute Gasteiger partial charge is 0.319 e. The Morgan fingerprint density at radius 3 is 2.56 bits per heavy atom. The summed E-state index contributed by atoms with van der Waals surface area (Å²) in [6.45, 7) is 2.61. The summed E-state index contributed by atoms with van der Waals surface area (Å²) in [5.74, 6) is 0.160. The van der Waals surface area contributed by atoms with Gasteiger partial charge >= 0.3 is 12.0 Å². The summed E-state index contributed by atoms with van der Waals surface area (Å²) in [6.07, 6.45) is 1.29. The molecule has 2 amide bonds. The van der Waals surface area contributed by atoms with E-state index in [9.17, 15) is 9.59 Å². The molecule has 0 bridgehead atoms. The van der Waals surface area contributed by atoms with Gasteiger partial charge in [0.05, 0.1) is 13.5 Å². The van der Waals surface area contributed by atoms with Crippen LogP contribution in [0.4, 0.5) is 16.2 Å². The lowest BCUT2D eigenvalue weighted by molar-refractivity contribution is -0.139. The van der Waals surface area contributed by atoms with E-state index < -0.39 is 0 Å². The van der Waals surface area contributed by atoms with E-state index in [-0.39, 0.29) is 18.4 Å². The van der Waals surface area contributed by atoms with Gasteiger partial charge in [-0.25, -0.2) is 4.79 Å². The highest BCUT2D eigenvalue weighted by Gasteiger charge is 2.22. The Labute approximate surface area is 159 Å². The van der Waals surface area contributed by atoms with Crippen LogP contribution in [-0.2, 0) is 16.0 Å². The molecule has 2 aromatic carbocycles. The van der Waals surface area contributed by atoms with Crippen LogP contribution in [0.25, 0.3) is 0 Å². The van der Waals surface area contributed by atoms with Crippen molar-refractivity contribution < 1.29 is 14.3 Å². The maximum Gasteiger partial charge on any atom is 0.319 e. The first-order chi connectivity index (χ1) is 13.1. The second kappa shape index (κ2) is 9.07. The molecule has 2 N–H and O–H groups in total. The van der Waals surface area contributed by atoms with Crippen molar-refractivity contribution in [2.24, 2.45) is 5.92 Å². The fourth-order valence-electron chi connectivity index (χ4n) is 3.23. The molecule has 1 saturated heterocycles. The molecule has 3 rings (SSSR count). The topological polar surface area (TPSA) is 70.7 Å². The van der Waals surface area contributed by atoms with Crippen LogP contribution in [0.3, 0.4) is 0 Å². The SMILES string of the molecule is COC(=O)Cc1ccc(NC(=O)NC[C@H]2CCN(c3ccccc3)C2)cc1. The van der Waals surface area contributed by atoms with Gasteiger partial charge in [0.25, 0.3) is 0 Å². The molecule has 0 radical (unpaired) electrons. The molecule has 0 saturated carbocycles. The molecule has 27 heavy (non-hydrogen) atoms. The van der Waals surface area contributed by atoms with E-state index in [4.69, 9.17) is 0 Å². The van der Waals surface area contributed by atoms with Gasteiger partial charge in [0.15, 0.2) is 0 Å². The Balaban J connectivity index is 1.42. The minimum atomic E-state index is -0.283. The number of nitrogens with zero attached hydrogens (tertiary/aromatic N) is 1. The Kier molecular flexibility index (Phi) is 6.30. The van der Waals surface area contributed by atoms with Crippen LogP contribution in [-0.4, -0.2) is 38.7 Å². The van der Waals surface area contributed by atoms with Gasteiger partial charge in [0, 0.05) is 31.0 Å². The maximum atomic E-state index is 12.1. The molecule has 0 aromatic heterocycles. The fourth-order valence-corrected chi connectivity index (χ4v) is 3.23. The fraction of sp³-hybridized carbons (Fsp3) is 0.333. The number of benzene rings is 2. The van der Waals surface area contributed by atoms with Gasteiger partial charge in [-0.1, -0.05) is 30.3 Å². The molecular formula is C21H25N3O3. The number of para-hydroxylation sites is 1. The van der Waals surface area contributed by atoms with E-state index in [2.05, 4.69) is 32.4 Å². The average molecular weight is 367 g/mol. The van der Waals surface area contributed by atoms with Crippen molar-refractivity contribution in [3.63, 3.8) is 0 Å². The molecule has 2 aromatic rings. The van der Waals surface area contributed by atoms with Crippen molar-refractivity contribution in [3.8, 4) is 0 Å². The number of methoxy groups -OCH3 is 1. The quantitative estimate of drug-likeness (QED) is 0.770. The van der Waals surface area contributed by atoms with E-state index >= 15 is 0 Å². The number of urea groups is 1. The number of rotatable bonds is 6. The standard InChI is InChI=1S/C21H25N3O3/c1-27-20(25)13-16-7-9-18(10-8-16)23-21(26)22-14-17-11-12-24(15-17)19-5-3-2-4-6-19/h2-10,17H,11-15H2,1H3,(H2,22,23,26)/t17-/m1/s1. The van der Waals surface area contributed by atoms with Crippen molar-refractivity contribution in [2.45, 2.75) is 12.8 Å². The lowest BCUT2D eigenvalue weighted by Crippen LogP contribution is -2.34. The largest absolute Gasteiger partial charge is 0.469 e. The van der Waals surface area contributed by atoms with Crippen molar-refractivity contribution >= 4 is 23.4 Å². The molecule has 0 unspecified atom stereocenters. The molecule has 1 aliphatic rings. The monoisotopic (exact) mass is 367 g/mol. The van der Waals surface area contributed by atoms with Crippen molar-refractivity contribution in [2.75, 3.05) is 37.0 Å².